The topological polar surface area (TPSA) is 58.6 Å². The van der Waals surface area contributed by atoms with Crippen molar-refractivity contribution >= 4 is 23.6 Å². The molecule has 0 aromatic rings. The molecule has 0 bridgehead atoms. The first-order valence-corrected chi connectivity index (χ1v) is 7.61. The molecule has 5 nitrogen and oxygen atoms in total. The summed E-state index contributed by atoms with van der Waals surface area (Å²) in [5, 5.41) is 5.48. The third-order valence-electron chi connectivity index (χ3n) is 3.26. The Morgan fingerprint density at radius 3 is 2.85 bits per heavy atom. The number of carbonyl (C=O) groups is 2. The van der Waals surface area contributed by atoms with Crippen LogP contribution in [0.2, 0.25) is 0 Å². The fourth-order valence-electron chi connectivity index (χ4n) is 2.32. The maximum absolute atomic E-state index is 12.2. The third-order valence-corrected chi connectivity index (χ3v) is 4.31. The van der Waals surface area contributed by atoms with Crippen LogP contribution in [0.15, 0.2) is 21.7 Å². The van der Waals surface area contributed by atoms with E-state index in [9.17, 15) is 9.59 Å². The van der Waals surface area contributed by atoms with Gasteiger partial charge in [0.15, 0.2) is 0 Å². The summed E-state index contributed by atoms with van der Waals surface area (Å²) in [5.74, 6) is -0.145. The van der Waals surface area contributed by atoms with E-state index in [0.717, 1.165) is 22.8 Å². The number of amides is 1. The highest BCUT2D eigenvalue weighted by molar-refractivity contribution is 8.06. The molecule has 0 aliphatic carbocycles. The Bertz CT molecular complexity index is 497. The highest BCUT2D eigenvalue weighted by Gasteiger charge is 2.38. The molecule has 0 aromatic carbocycles. The zero-order valence-corrected chi connectivity index (χ0v) is 13.0. The number of thioether (sulfide) groups is 1. The number of esters is 1. The second kappa shape index (κ2) is 5.91. The number of hydrogen-bond donors (Lipinski definition) is 1. The van der Waals surface area contributed by atoms with Crippen LogP contribution in [0, 0.1) is 5.92 Å². The fourth-order valence-corrected chi connectivity index (χ4v) is 3.51. The van der Waals surface area contributed by atoms with E-state index in [-0.39, 0.29) is 23.9 Å². The van der Waals surface area contributed by atoms with Gasteiger partial charge >= 0.3 is 5.97 Å². The highest BCUT2D eigenvalue weighted by atomic mass is 32.2. The van der Waals surface area contributed by atoms with Gasteiger partial charge in [-0.1, -0.05) is 18.7 Å². The minimum Gasteiger partial charge on any atom is -0.460 e. The van der Waals surface area contributed by atoms with E-state index in [1.807, 2.05) is 26.2 Å². The van der Waals surface area contributed by atoms with Crippen LogP contribution in [0.4, 0.5) is 0 Å². The van der Waals surface area contributed by atoms with Crippen LogP contribution in [0.5, 0.6) is 0 Å². The minimum atomic E-state index is -0.243. The number of rotatable bonds is 4. The quantitative estimate of drug-likeness (QED) is 0.802. The highest BCUT2D eigenvalue weighted by Crippen LogP contribution is 2.45. The largest absolute Gasteiger partial charge is 0.460 e. The van der Waals surface area contributed by atoms with Crippen molar-refractivity contribution in [1.29, 1.82) is 0 Å². The van der Waals surface area contributed by atoms with Crippen molar-refractivity contribution in [3.8, 4) is 0 Å². The first-order chi connectivity index (χ1) is 9.43. The summed E-state index contributed by atoms with van der Waals surface area (Å²) < 4.78 is 5.31. The molecular formula is C14H20N2O3S. The van der Waals surface area contributed by atoms with Crippen LogP contribution in [0.1, 0.15) is 27.2 Å². The number of fused-ring (bicyclic) bond motifs is 1. The van der Waals surface area contributed by atoms with Crippen molar-refractivity contribution in [2.75, 3.05) is 13.6 Å². The van der Waals surface area contributed by atoms with Crippen molar-refractivity contribution in [3.05, 3.63) is 21.7 Å². The van der Waals surface area contributed by atoms with Gasteiger partial charge in [-0.05, 0) is 19.3 Å². The molecule has 110 valence electrons. The number of nitrogens with one attached hydrogen (secondary N) is 1. The van der Waals surface area contributed by atoms with Gasteiger partial charge in [0.05, 0.1) is 23.1 Å². The van der Waals surface area contributed by atoms with Crippen molar-refractivity contribution in [3.63, 3.8) is 0 Å². The molecule has 0 radical (unpaired) electrons. The lowest BCUT2D eigenvalue weighted by Gasteiger charge is -2.18. The smallest absolute Gasteiger partial charge is 0.337 e. The summed E-state index contributed by atoms with van der Waals surface area (Å²) in [6, 6.07) is 0. The summed E-state index contributed by atoms with van der Waals surface area (Å²) in [6.07, 6.45) is 0.216. The lowest BCUT2D eigenvalue weighted by atomic mass is 10.1. The molecule has 2 rings (SSSR count). The van der Waals surface area contributed by atoms with Gasteiger partial charge in [-0.2, -0.15) is 0 Å². The van der Waals surface area contributed by atoms with Gasteiger partial charge in [0.25, 0.3) is 0 Å². The molecule has 1 atom stereocenters. The van der Waals surface area contributed by atoms with Crippen LogP contribution in [-0.2, 0) is 14.3 Å². The molecule has 2 aliphatic rings. The number of carbonyl (C=O) groups excluding carboxylic acids is 2. The zero-order chi connectivity index (χ0) is 14.9. The second-order valence-corrected chi connectivity index (χ2v) is 6.12. The summed E-state index contributed by atoms with van der Waals surface area (Å²) in [7, 11) is 1.62. The van der Waals surface area contributed by atoms with Gasteiger partial charge < -0.3 is 15.0 Å². The second-order valence-electron chi connectivity index (χ2n) is 5.26. The van der Waals surface area contributed by atoms with E-state index in [4.69, 9.17) is 4.74 Å². The van der Waals surface area contributed by atoms with Gasteiger partial charge in [-0.15, -0.1) is 0 Å². The molecule has 6 heteroatoms. The monoisotopic (exact) mass is 296 g/mol. The van der Waals surface area contributed by atoms with Crippen LogP contribution in [0.3, 0.4) is 0 Å². The molecule has 0 saturated heterocycles. The van der Waals surface area contributed by atoms with Crippen molar-refractivity contribution in [1.82, 2.24) is 10.2 Å². The Hall–Kier alpha value is -1.43. The average Bonchev–Trinajstić information content (AvgIpc) is 2.87. The Morgan fingerprint density at radius 1 is 1.55 bits per heavy atom. The van der Waals surface area contributed by atoms with Crippen LogP contribution >= 0.6 is 11.8 Å². The van der Waals surface area contributed by atoms with E-state index in [2.05, 4.69) is 10.2 Å². The summed E-state index contributed by atoms with van der Waals surface area (Å²) >= 11 is 1.50. The molecule has 0 spiro atoms. The van der Waals surface area contributed by atoms with Gasteiger partial charge in [-0.3, -0.25) is 4.79 Å². The molecule has 20 heavy (non-hydrogen) atoms. The molecule has 1 N–H and O–H groups in total. The van der Waals surface area contributed by atoms with E-state index in [0.29, 0.717) is 6.42 Å². The lowest BCUT2D eigenvalue weighted by Crippen LogP contribution is -2.24. The third kappa shape index (κ3) is 2.85. The number of hydrogen-bond acceptors (Lipinski definition) is 5. The molecule has 0 aromatic heterocycles. The Morgan fingerprint density at radius 2 is 2.25 bits per heavy atom. The van der Waals surface area contributed by atoms with Gasteiger partial charge in [-0.25, -0.2) is 4.79 Å². The molecule has 0 saturated carbocycles. The minimum absolute atomic E-state index is 0.0241. The first kappa shape index (κ1) is 15.0. The van der Waals surface area contributed by atoms with Gasteiger partial charge in [0.1, 0.15) is 0 Å². The molecule has 1 amide bonds. The van der Waals surface area contributed by atoms with Crippen LogP contribution in [-0.4, -0.2) is 36.5 Å². The van der Waals surface area contributed by atoms with Gasteiger partial charge in [0.2, 0.25) is 5.91 Å². The standard InChI is InChI=1S/C14H20N2O3S/c1-8(2)19-14(18)12-9(3)6-16-10(5-11(17)15-4)7-20-13(12)16/h7-9H,5-6H2,1-4H3,(H,15,17). The maximum atomic E-state index is 12.2. The molecule has 2 heterocycles. The van der Waals surface area contributed by atoms with Crippen LogP contribution in [0.25, 0.3) is 0 Å². The molecule has 2 aliphatic heterocycles. The van der Waals surface area contributed by atoms with E-state index in [1.165, 1.54) is 11.8 Å². The van der Waals surface area contributed by atoms with E-state index >= 15 is 0 Å². The molecule has 1 unspecified atom stereocenters. The summed E-state index contributed by atoms with van der Waals surface area (Å²) in [6.45, 7) is 6.43. The summed E-state index contributed by atoms with van der Waals surface area (Å²) in [4.78, 5) is 25.7. The first-order valence-electron chi connectivity index (χ1n) is 6.73. The zero-order valence-electron chi connectivity index (χ0n) is 12.2. The predicted molar refractivity (Wildman–Crippen MR) is 78.5 cm³/mol. The number of nitrogens with zero attached hydrogens (tertiary/aromatic N) is 1. The van der Waals surface area contributed by atoms with Crippen molar-refractivity contribution in [2.45, 2.75) is 33.3 Å². The Labute approximate surface area is 123 Å². The lowest BCUT2D eigenvalue weighted by molar-refractivity contribution is -0.143. The van der Waals surface area contributed by atoms with Gasteiger partial charge in [0, 0.05) is 25.2 Å². The van der Waals surface area contributed by atoms with E-state index in [1.54, 1.807) is 7.05 Å². The predicted octanol–water partition coefficient (Wildman–Crippen LogP) is 1.83. The normalized spacial score (nSPS) is 21.1. The van der Waals surface area contributed by atoms with Crippen molar-refractivity contribution < 1.29 is 14.3 Å². The Balaban J connectivity index is 2.16. The molecular weight excluding hydrogens is 276 g/mol. The SMILES string of the molecule is CNC(=O)CC1=CSC2=C(C(=O)OC(C)C)C(C)CN12. The number of ether oxygens (including phenoxy) is 1. The summed E-state index contributed by atoms with van der Waals surface area (Å²) in [5.41, 5.74) is 1.68. The maximum Gasteiger partial charge on any atom is 0.337 e. The van der Waals surface area contributed by atoms with Crippen LogP contribution < -0.4 is 5.32 Å². The van der Waals surface area contributed by atoms with E-state index < -0.39 is 0 Å². The Kier molecular flexibility index (Phi) is 4.42. The molecule has 0 fully saturated rings. The average molecular weight is 296 g/mol. The fraction of sp³-hybridized carbons (Fsp3) is 0.571. The van der Waals surface area contributed by atoms with Crippen molar-refractivity contribution in [2.24, 2.45) is 5.92 Å².